The number of carbonyl (C=O) groups excluding carboxylic acids is 1. The van der Waals surface area contributed by atoms with Gasteiger partial charge < -0.3 is 14.8 Å². The number of rotatable bonds is 4. The first kappa shape index (κ1) is 17.8. The zero-order chi connectivity index (χ0) is 19.0. The smallest absolute Gasteiger partial charge is 0.241 e. The maximum absolute atomic E-state index is 12.8. The van der Waals surface area contributed by atoms with Crippen molar-refractivity contribution >= 4 is 21.6 Å². The Hall–Kier alpha value is -2.58. The molecule has 0 fully saturated rings. The number of aryl methyl sites for hydroxylation is 1. The number of amides is 1. The van der Waals surface area contributed by atoms with Crippen molar-refractivity contribution in [3.63, 3.8) is 0 Å². The summed E-state index contributed by atoms with van der Waals surface area (Å²) in [5.41, 5.74) is 2.28. The molecule has 7 nitrogen and oxygen atoms in total. The first-order valence-corrected chi connectivity index (χ1v) is 10.3. The van der Waals surface area contributed by atoms with Crippen molar-refractivity contribution in [1.82, 2.24) is 4.72 Å². The molecule has 2 aromatic rings. The highest BCUT2D eigenvalue weighted by Crippen LogP contribution is 2.33. The molecule has 0 saturated heterocycles. The molecule has 0 aromatic heterocycles. The second-order valence-electron chi connectivity index (χ2n) is 6.61. The minimum Gasteiger partial charge on any atom is -0.486 e. The molecule has 0 bridgehead atoms. The van der Waals surface area contributed by atoms with Crippen molar-refractivity contribution < 1.29 is 22.7 Å². The van der Waals surface area contributed by atoms with Crippen molar-refractivity contribution in [3.8, 4) is 11.5 Å². The molecule has 2 N–H and O–H groups in total. The Morgan fingerprint density at radius 3 is 2.63 bits per heavy atom. The van der Waals surface area contributed by atoms with Gasteiger partial charge in [-0.2, -0.15) is 0 Å². The van der Waals surface area contributed by atoms with E-state index in [0.29, 0.717) is 43.2 Å². The van der Waals surface area contributed by atoms with E-state index in [2.05, 4.69) is 10.0 Å². The number of benzene rings is 2. The van der Waals surface area contributed by atoms with Crippen molar-refractivity contribution in [2.24, 2.45) is 0 Å². The molecule has 2 aliphatic heterocycles. The van der Waals surface area contributed by atoms with E-state index in [-0.39, 0.29) is 10.8 Å². The molecule has 2 heterocycles. The van der Waals surface area contributed by atoms with Crippen LogP contribution >= 0.6 is 0 Å². The van der Waals surface area contributed by atoms with Gasteiger partial charge >= 0.3 is 0 Å². The lowest BCUT2D eigenvalue weighted by atomic mass is 10.0. The quantitative estimate of drug-likeness (QED) is 0.839. The summed E-state index contributed by atoms with van der Waals surface area (Å²) in [5.74, 6) is 1.23. The van der Waals surface area contributed by atoms with Gasteiger partial charge in [-0.3, -0.25) is 4.79 Å². The summed E-state index contributed by atoms with van der Waals surface area (Å²) in [4.78, 5) is 11.6. The van der Waals surface area contributed by atoms with Crippen LogP contribution < -0.4 is 19.5 Å². The number of nitrogens with one attached hydrogen (secondary N) is 2. The van der Waals surface area contributed by atoms with Gasteiger partial charge in [0.05, 0.1) is 4.90 Å². The highest BCUT2D eigenvalue weighted by molar-refractivity contribution is 7.89. The number of fused-ring (bicyclic) bond motifs is 2. The lowest BCUT2D eigenvalue weighted by Crippen LogP contribution is -2.27. The molecule has 4 rings (SSSR count). The van der Waals surface area contributed by atoms with Gasteiger partial charge in [0.25, 0.3) is 0 Å². The van der Waals surface area contributed by atoms with E-state index in [4.69, 9.17) is 9.47 Å². The number of sulfonamides is 1. The molecule has 1 amide bonds. The third-order valence-corrected chi connectivity index (χ3v) is 6.22. The van der Waals surface area contributed by atoms with E-state index < -0.39 is 16.1 Å². The Morgan fingerprint density at radius 2 is 1.81 bits per heavy atom. The van der Waals surface area contributed by atoms with Crippen LogP contribution in [0.15, 0.2) is 41.3 Å². The number of hydrogen-bond donors (Lipinski definition) is 2. The van der Waals surface area contributed by atoms with Crippen molar-refractivity contribution in [3.05, 3.63) is 47.5 Å². The third-order valence-electron chi connectivity index (χ3n) is 4.68. The summed E-state index contributed by atoms with van der Waals surface area (Å²) in [5, 5.41) is 2.75. The molecule has 2 aromatic carbocycles. The number of ether oxygens (including phenoxy) is 2. The van der Waals surface area contributed by atoms with E-state index in [1.54, 1.807) is 31.2 Å². The van der Waals surface area contributed by atoms with Crippen LogP contribution in [0.25, 0.3) is 0 Å². The van der Waals surface area contributed by atoms with E-state index in [0.717, 1.165) is 11.1 Å². The fourth-order valence-electron chi connectivity index (χ4n) is 3.23. The fourth-order valence-corrected chi connectivity index (χ4v) is 4.51. The van der Waals surface area contributed by atoms with Crippen LogP contribution in [0.3, 0.4) is 0 Å². The van der Waals surface area contributed by atoms with Gasteiger partial charge in [0, 0.05) is 18.2 Å². The highest BCUT2D eigenvalue weighted by atomic mass is 32.2. The normalized spacial score (nSPS) is 17.0. The fraction of sp³-hybridized carbons (Fsp3) is 0.316. The summed E-state index contributed by atoms with van der Waals surface area (Å²) in [7, 11) is -3.71. The van der Waals surface area contributed by atoms with Gasteiger partial charge in [-0.25, -0.2) is 13.1 Å². The second-order valence-corrected chi connectivity index (χ2v) is 8.33. The second kappa shape index (κ2) is 6.86. The lowest BCUT2D eigenvalue weighted by molar-refractivity contribution is -0.116. The third kappa shape index (κ3) is 3.63. The van der Waals surface area contributed by atoms with Crippen LogP contribution in [0.4, 0.5) is 5.69 Å². The summed E-state index contributed by atoms with van der Waals surface area (Å²) >= 11 is 0. The molecule has 0 unspecified atom stereocenters. The minimum atomic E-state index is -3.71. The van der Waals surface area contributed by atoms with Gasteiger partial charge in [-0.1, -0.05) is 6.07 Å². The average Bonchev–Trinajstić information content (AvgIpc) is 2.66. The molecular formula is C19H20N2O5S. The van der Waals surface area contributed by atoms with Crippen LogP contribution in [0.2, 0.25) is 0 Å². The van der Waals surface area contributed by atoms with Crippen molar-refractivity contribution in [2.45, 2.75) is 30.7 Å². The number of carbonyl (C=O) groups is 1. The van der Waals surface area contributed by atoms with Crippen LogP contribution in [0.5, 0.6) is 11.5 Å². The van der Waals surface area contributed by atoms with Gasteiger partial charge in [0.1, 0.15) is 13.2 Å². The van der Waals surface area contributed by atoms with Crippen LogP contribution in [0, 0.1) is 0 Å². The SMILES string of the molecule is C[C@H](NS(=O)(=O)c1ccc2c(c1)CCC(=O)N2)c1ccc2c(c1)OCCO2. The summed E-state index contributed by atoms with van der Waals surface area (Å²) in [6, 6.07) is 9.72. The number of hydrogen-bond acceptors (Lipinski definition) is 5. The van der Waals surface area contributed by atoms with Crippen LogP contribution in [-0.2, 0) is 21.2 Å². The van der Waals surface area contributed by atoms with Crippen LogP contribution in [-0.4, -0.2) is 27.5 Å². The molecule has 142 valence electrons. The van der Waals surface area contributed by atoms with E-state index in [1.807, 2.05) is 6.07 Å². The maximum atomic E-state index is 12.8. The molecule has 8 heteroatoms. The molecule has 0 saturated carbocycles. The van der Waals surface area contributed by atoms with E-state index >= 15 is 0 Å². The molecule has 0 aliphatic carbocycles. The highest BCUT2D eigenvalue weighted by Gasteiger charge is 2.23. The minimum absolute atomic E-state index is 0.0523. The molecule has 2 aliphatic rings. The Kier molecular flexibility index (Phi) is 4.53. The molecular weight excluding hydrogens is 368 g/mol. The largest absolute Gasteiger partial charge is 0.486 e. The van der Waals surface area contributed by atoms with E-state index in [1.165, 1.54) is 6.07 Å². The molecule has 0 spiro atoms. The summed E-state index contributed by atoms with van der Waals surface area (Å²) in [6.45, 7) is 2.76. The Balaban J connectivity index is 1.55. The molecule has 0 radical (unpaired) electrons. The molecule has 27 heavy (non-hydrogen) atoms. The first-order valence-electron chi connectivity index (χ1n) is 8.77. The Bertz CT molecular complexity index is 1000. The van der Waals surface area contributed by atoms with Gasteiger partial charge in [0.15, 0.2) is 11.5 Å². The predicted octanol–water partition coefficient (Wildman–Crippen LogP) is 2.38. The summed E-state index contributed by atoms with van der Waals surface area (Å²) in [6.07, 6.45) is 0.889. The Morgan fingerprint density at radius 1 is 1.04 bits per heavy atom. The van der Waals surface area contributed by atoms with Crippen molar-refractivity contribution in [1.29, 1.82) is 0 Å². The summed E-state index contributed by atoms with van der Waals surface area (Å²) < 4.78 is 39.4. The van der Waals surface area contributed by atoms with Gasteiger partial charge in [-0.05, 0) is 54.8 Å². The van der Waals surface area contributed by atoms with Crippen LogP contribution in [0.1, 0.15) is 30.5 Å². The zero-order valence-electron chi connectivity index (χ0n) is 14.8. The maximum Gasteiger partial charge on any atom is 0.241 e. The van der Waals surface area contributed by atoms with E-state index in [9.17, 15) is 13.2 Å². The molecule has 1 atom stereocenters. The lowest BCUT2D eigenvalue weighted by Gasteiger charge is -2.21. The monoisotopic (exact) mass is 388 g/mol. The van der Waals surface area contributed by atoms with Gasteiger partial charge in [0.2, 0.25) is 15.9 Å². The van der Waals surface area contributed by atoms with Crippen molar-refractivity contribution in [2.75, 3.05) is 18.5 Å². The van der Waals surface area contributed by atoms with Gasteiger partial charge in [-0.15, -0.1) is 0 Å². The standard InChI is InChI=1S/C19H20N2O5S/c1-12(13-2-6-17-18(11-13)26-9-8-25-17)21-27(23,24)15-4-5-16-14(10-15)3-7-19(22)20-16/h2,4-6,10-12,21H,3,7-9H2,1H3,(H,20,22)/t12-/m0/s1. The number of anilines is 1. The average molecular weight is 388 g/mol. The Labute approximate surface area is 157 Å². The predicted molar refractivity (Wildman–Crippen MR) is 99.6 cm³/mol. The first-order chi connectivity index (χ1) is 12.9. The topological polar surface area (TPSA) is 93.7 Å². The zero-order valence-corrected chi connectivity index (χ0v) is 15.6.